The zero-order valence-electron chi connectivity index (χ0n) is 9.91. The van der Waals surface area contributed by atoms with Gasteiger partial charge in [0.05, 0.1) is 31.5 Å². The summed E-state index contributed by atoms with van der Waals surface area (Å²) < 4.78 is 23.5. The fourth-order valence-electron chi connectivity index (χ4n) is 1.34. The second-order valence-corrected chi connectivity index (χ2v) is 3.58. The lowest BCUT2D eigenvalue weighted by Gasteiger charge is -2.06. The maximum atomic E-state index is 13.0. The van der Waals surface area contributed by atoms with Gasteiger partial charge in [-0.1, -0.05) is 6.92 Å². The number of rotatable bonds is 7. The Morgan fingerprint density at radius 2 is 2.00 bits per heavy atom. The molecule has 0 radical (unpaired) electrons. The number of ether oxygens (including phenoxy) is 2. The van der Waals surface area contributed by atoms with Crippen molar-refractivity contribution in [3.63, 3.8) is 0 Å². The first-order chi connectivity index (χ1) is 8.27. The molecule has 0 amide bonds. The monoisotopic (exact) mass is 237 g/mol. The Balaban J connectivity index is 2.36. The molecule has 0 unspecified atom stereocenters. The Morgan fingerprint density at radius 1 is 1.24 bits per heavy atom. The highest BCUT2D eigenvalue weighted by atomic mass is 19.1. The van der Waals surface area contributed by atoms with E-state index in [1.807, 2.05) is 13.0 Å². The van der Waals surface area contributed by atoms with Gasteiger partial charge in [0.2, 0.25) is 0 Å². The molecule has 92 valence electrons. The number of halogens is 1. The van der Waals surface area contributed by atoms with Crippen molar-refractivity contribution in [2.45, 2.75) is 20.0 Å². The summed E-state index contributed by atoms with van der Waals surface area (Å²) >= 11 is 0. The van der Waals surface area contributed by atoms with Gasteiger partial charge in [0.15, 0.2) is 0 Å². The fourth-order valence-corrected chi connectivity index (χ4v) is 1.34. The molecule has 0 aliphatic heterocycles. The Kier molecular flexibility index (Phi) is 6.23. The van der Waals surface area contributed by atoms with Crippen molar-refractivity contribution >= 4 is 0 Å². The molecule has 0 atom stereocenters. The van der Waals surface area contributed by atoms with Crippen LogP contribution in [0.2, 0.25) is 0 Å². The van der Waals surface area contributed by atoms with Gasteiger partial charge in [0.25, 0.3) is 0 Å². The summed E-state index contributed by atoms with van der Waals surface area (Å²) in [6, 6.07) is 6.06. The van der Waals surface area contributed by atoms with Crippen LogP contribution < -0.4 is 0 Å². The van der Waals surface area contributed by atoms with Gasteiger partial charge < -0.3 is 9.47 Å². The lowest BCUT2D eigenvalue weighted by Crippen LogP contribution is -2.05. The molecule has 0 N–H and O–H groups in total. The largest absolute Gasteiger partial charge is 0.379 e. The molecule has 0 saturated carbocycles. The minimum absolute atomic E-state index is 0.232. The Bertz CT molecular complexity index is 387. The van der Waals surface area contributed by atoms with Gasteiger partial charge in [0.1, 0.15) is 5.82 Å². The second-order valence-electron chi connectivity index (χ2n) is 3.58. The summed E-state index contributed by atoms with van der Waals surface area (Å²) in [5.41, 5.74) is 1.02. The average Bonchev–Trinajstić information content (AvgIpc) is 2.34. The first-order valence-corrected chi connectivity index (χ1v) is 5.62. The highest BCUT2D eigenvalue weighted by Crippen LogP contribution is 2.11. The lowest BCUT2D eigenvalue weighted by molar-refractivity contribution is 0.0407. The molecule has 17 heavy (non-hydrogen) atoms. The van der Waals surface area contributed by atoms with Gasteiger partial charge in [-0.05, 0) is 30.2 Å². The molecule has 0 spiro atoms. The maximum Gasteiger partial charge on any atom is 0.123 e. The molecule has 0 heterocycles. The van der Waals surface area contributed by atoms with E-state index < -0.39 is 0 Å². The highest BCUT2D eigenvalue weighted by molar-refractivity contribution is 5.37. The van der Waals surface area contributed by atoms with E-state index in [1.54, 1.807) is 0 Å². The molecule has 1 rings (SSSR count). The first kappa shape index (κ1) is 13.6. The second kappa shape index (κ2) is 7.77. The normalized spacial score (nSPS) is 10.2. The van der Waals surface area contributed by atoms with E-state index in [1.165, 1.54) is 18.2 Å². The lowest BCUT2D eigenvalue weighted by atomic mass is 10.1. The van der Waals surface area contributed by atoms with Crippen LogP contribution in [0.15, 0.2) is 18.2 Å². The number of hydrogen-bond acceptors (Lipinski definition) is 3. The maximum absolute atomic E-state index is 13.0. The van der Waals surface area contributed by atoms with Gasteiger partial charge in [-0.15, -0.1) is 0 Å². The third-order valence-electron chi connectivity index (χ3n) is 2.17. The van der Waals surface area contributed by atoms with Crippen LogP contribution in [0.4, 0.5) is 4.39 Å². The van der Waals surface area contributed by atoms with Gasteiger partial charge in [0, 0.05) is 6.61 Å². The summed E-state index contributed by atoms with van der Waals surface area (Å²) in [6.07, 6.45) is 0.975. The highest BCUT2D eigenvalue weighted by Gasteiger charge is 2.03. The number of hydrogen-bond donors (Lipinski definition) is 0. The topological polar surface area (TPSA) is 42.2 Å². The van der Waals surface area contributed by atoms with E-state index in [0.29, 0.717) is 30.9 Å². The van der Waals surface area contributed by atoms with Crippen molar-refractivity contribution in [3.8, 4) is 6.07 Å². The minimum atomic E-state index is -0.357. The van der Waals surface area contributed by atoms with Crippen molar-refractivity contribution in [2.75, 3.05) is 19.8 Å². The Hall–Kier alpha value is -1.44. The van der Waals surface area contributed by atoms with Crippen LogP contribution in [-0.4, -0.2) is 19.8 Å². The molecule has 0 aliphatic carbocycles. The SMILES string of the molecule is CCCOCCOCc1cc(F)ccc1C#N. The molecule has 0 aliphatic rings. The Morgan fingerprint density at radius 3 is 2.71 bits per heavy atom. The van der Waals surface area contributed by atoms with Crippen molar-refractivity contribution in [2.24, 2.45) is 0 Å². The summed E-state index contributed by atoms with van der Waals surface area (Å²) in [5, 5.41) is 8.83. The van der Waals surface area contributed by atoms with E-state index >= 15 is 0 Å². The quantitative estimate of drug-likeness (QED) is 0.685. The van der Waals surface area contributed by atoms with Crippen molar-refractivity contribution in [1.29, 1.82) is 5.26 Å². The fraction of sp³-hybridized carbons (Fsp3) is 0.462. The first-order valence-electron chi connectivity index (χ1n) is 5.62. The zero-order chi connectivity index (χ0) is 12.5. The summed E-state index contributed by atoms with van der Waals surface area (Å²) in [4.78, 5) is 0. The van der Waals surface area contributed by atoms with Gasteiger partial charge in [-0.25, -0.2) is 4.39 Å². The molecule has 1 aromatic carbocycles. The van der Waals surface area contributed by atoms with E-state index in [-0.39, 0.29) is 12.4 Å². The molecular weight excluding hydrogens is 221 g/mol. The van der Waals surface area contributed by atoms with E-state index in [9.17, 15) is 4.39 Å². The predicted octanol–water partition coefficient (Wildman–Crippen LogP) is 2.64. The smallest absolute Gasteiger partial charge is 0.123 e. The number of benzene rings is 1. The van der Waals surface area contributed by atoms with Crippen LogP contribution in [0.1, 0.15) is 24.5 Å². The van der Waals surface area contributed by atoms with Gasteiger partial charge in [-0.3, -0.25) is 0 Å². The van der Waals surface area contributed by atoms with Crippen molar-refractivity contribution < 1.29 is 13.9 Å². The third-order valence-corrected chi connectivity index (χ3v) is 2.17. The number of nitrogens with zero attached hydrogens (tertiary/aromatic N) is 1. The molecule has 0 aromatic heterocycles. The standard InChI is InChI=1S/C13H16FNO2/c1-2-5-16-6-7-17-10-12-8-13(14)4-3-11(12)9-15/h3-4,8H,2,5-7,10H2,1H3. The minimum Gasteiger partial charge on any atom is -0.379 e. The molecular formula is C13H16FNO2. The molecule has 0 fully saturated rings. The van der Waals surface area contributed by atoms with E-state index in [2.05, 4.69) is 0 Å². The zero-order valence-corrected chi connectivity index (χ0v) is 9.91. The molecule has 0 saturated heterocycles. The molecule has 0 bridgehead atoms. The van der Waals surface area contributed by atoms with Crippen LogP contribution in [0.25, 0.3) is 0 Å². The van der Waals surface area contributed by atoms with Crippen molar-refractivity contribution in [1.82, 2.24) is 0 Å². The van der Waals surface area contributed by atoms with E-state index in [4.69, 9.17) is 14.7 Å². The summed E-state index contributed by atoms with van der Waals surface area (Å²) in [6.45, 7) is 3.95. The van der Waals surface area contributed by atoms with Crippen LogP contribution in [0.3, 0.4) is 0 Å². The average molecular weight is 237 g/mol. The van der Waals surface area contributed by atoms with Crippen LogP contribution in [0.5, 0.6) is 0 Å². The van der Waals surface area contributed by atoms with Crippen LogP contribution >= 0.6 is 0 Å². The van der Waals surface area contributed by atoms with Gasteiger partial charge >= 0.3 is 0 Å². The predicted molar refractivity (Wildman–Crippen MR) is 61.9 cm³/mol. The molecule has 3 nitrogen and oxygen atoms in total. The number of nitriles is 1. The summed E-state index contributed by atoms with van der Waals surface area (Å²) in [5.74, 6) is -0.357. The van der Waals surface area contributed by atoms with E-state index in [0.717, 1.165) is 6.42 Å². The third kappa shape index (κ3) is 4.94. The van der Waals surface area contributed by atoms with Crippen LogP contribution in [-0.2, 0) is 16.1 Å². The molecule has 4 heteroatoms. The summed E-state index contributed by atoms with van der Waals surface area (Å²) in [7, 11) is 0. The van der Waals surface area contributed by atoms with Crippen LogP contribution in [0, 0.1) is 17.1 Å². The molecule has 1 aromatic rings. The van der Waals surface area contributed by atoms with Crippen molar-refractivity contribution in [3.05, 3.63) is 35.1 Å². The Labute approximate surface area is 101 Å². The van der Waals surface area contributed by atoms with Gasteiger partial charge in [-0.2, -0.15) is 5.26 Å².